The van der Waals surface area contributed by atoms with Crippen molar-refractivity contribution in [3.8, 4) is 0 Å². The van der Waals surface area contributed by atoms with Gasteiger partial charge in [-0.05, 0) is 61.1 Å². The molecule has 0 spiro atoms. The van der Waals surface area contributed by atoms with Gasteiger partial charge in [0.2, 0.25) is 0 Å². The summed E-state index contributed by atoms with van der Waals surface area (Å²) < 4.78 is 53.1. The molecule has 0 aliphatic carbocycles. The first-order chi connectivity index (χ1) is 16.0. The summed E-state index contributed by atoms with van der Waals surface area (Å²) in [6, 6.07) is 12.3. The summed E-state index contributed by atoms with van der Waals surface area (Å²) in [4.78, 5) is 2.16. The zero-order valence-electron chi connectivity index (χ0n) is 20.0. The summed E-state index contributed by atoms with van der Waals surface area (Å²) in [6.45, 7) is 6.89. The second-order valence-corrected chi connectivity index (χ2v) is 13.8. The maximum absolute atomic E-state index is 13.8. The minimum Gasteiger partial charge on any atom is -0.388 e. The second kappa shape index (κ2) is 9.51. The molecule has 1 saturated heterocycles. The van der Waals surface area contributed by atoms with Gasteiger partial charge < -0.3 is 10.0 Å². The van der Waals surface area contributed by atoms with Crippen LogP contribution in [0, 0.1) is 5.92 Å². The highest BCUT2D eigenvalue weighted by molar-refractivity contribution is 7.93. The second-order valence-electron chi connectivity index (χ2n) is 9.73. The van der Waals surface area contributed by atoms with E-state index in [2.05, 4.69) is 6.92 Å². The molecule has 2 aliphatic heterocycles. The molecule has 9 heteroatoms. The fourth-order valence-corrected chi connectivity index (χ4v) is 8.25. The van der Waals surface area contributed by atoms with E-state index in [0.29, 0.717) is 37.2 Å². The number of aliphatic hydroxyl groups excluding tert-OH is 1. The van der Waals surface area contributed by atoms with Gasteiger partial charge in [0.1, 0.15) is 0 Å². The standard InChI is InChI=1S/C25H34N2O5S2/c1-4-19-5-7-20(8-6-19)27(16-18(2)3)34(31,32)22-9-10-24-23(15-22)25(28)11-13-26(24)21-12-14-33(29,30)17-21/h5-10,15,18,21,25,28H,4,11-14,16-17H2,1-3H3. The van der Waals surface area contributed by atoms with Gasteiger partial charge in [-0.1, -0.05) is 32.9 Å². The molecule has 2 aliphatic rings. The Labute approximate surface area is 203 Å². The Morgan fingerprint density at radius 2 is 1.82 bits per heavy atom. The first-order valence-corrected chi connectivity index (χ1v) is 15.2. The van der Waals surface area contributed by atoms with E-state index in [1.165, 1.54) is 4.31 Å². The number of anilines is 2. The van der Waals surface area contributed by atoms with Crippen molar-refractivity contribution in [1.82, 2.24) is 0 Å². The molecule has 0 amide bonds. The zero-order valence-corrected chi connectivity index (χ0v) is 21.6. The molecule has 186 valence electrons. The van der Waals surface area contributed by atoms with E-state index in [4.69, 9.17) is 0 Å². The van der Waals surface area contributed by atoms with Gasteiger partial charge in [0.05, 0.1) is 28.2 Å². The topological polar surface area (TPSA) is 95.0 Å². The van der Waals surface area contributed by atoms with Gasteiger partial charge in [0, 0.05) is 30.4 Å². The third-order valence-electron chi connectivity index (χ3n) is 6.71. The molecule has 2 atom stereocenters. The monoisotopic (exact) mass is 506 g/mol. The fourth-order valence-electron chi connectivity index (χ4n) is 4.86. The average Bonchev–Trinajstić information content (AvgIpc) is 3.16. The molecular weight excluding hydrogens is 472 g/mol. The molecule has 0 radical (unpaired) electrons. The molecule has 2 heterocycles. The van der Waals surface area contributed by atoms with Crippen molar-refractivity contribution in [1.29, 1.82) is 0 Å². The number of aryl methyl sites for hydroxylation is 1. The first-order valence-electron chi connectivity index (χ1n) is 11.9. The Hall–Kier alpha value is -2.10. The van der Waals surface area contributed by atoms with Crippen LogP contribution in [0.4, 0.5) is 11.4 Å². The van der Waals surface area contributed by atoms with Gasteiger partial charge in [-0.3, -0.25) is 4.31 Å². The van der Waals surface area contributed by atoms with Crippen LogP contribution < -0.4 is 9.21 Å². The van der Waals surface area contributed by atoms with E-state index in [9.17, 15) is 21.9 Å². The van der Waals surface area contributed by atoms with E-state index in [0.717, 1.165) is 17.7 Å². The maximum atomic E-state index is 13.8. The van der Waals surface area contributed by atoms with Crippen LogP contribution in [-0.4, -0.2) is 52.6 Å². The van der Waals surface area contributed by atoms with Crippen molar-refractivity contribution in [2.24, 2.45) is 5.92 Å². The van der Waals surface area contributed by atoms with Crippen LogP contribution in [0.25, 0.3) is 0 Å². The third kappa shape index (κ3) is 4.97. The predicted octanol–water partition coefficient (Wildman–Crippen LogP) is 3.53. The number of rotatable bonds is 7. The quantitative estimate of drug-likeness (QED) is 0.617. The summed E-state index contributed by atoms with van der Waals surface area (Å²) in [5, 5.41) is 10.7. The Balaban J connectivity index is 1.71. The van der Waals surface area contributed by atoms with Crippen LogP contribution in [0.2, 0.25) is 0 Å². The van der Waals surface area contributed by atoms with E-state index < -0.39 is 26.0 Å². The Bertz CT molecular complexity index is 1240. The predicted molar refractivity (Wildman–Crippen MR) is 136 cm³/mol. The summed E-state index contributed by atoms with van der Waals surface area (Å²) >= 11 is 0. The normalized spacial score (nSPS) is 22.1. The molecule has 0 bridgehead atoms. The minimum atomic E-state index is -3.87. The van der Waals surface area contributed by atoms with Crippen molar-refractivity contribution in [2.75, 3.05) is 33.8 Å². The van der Waals surface area contributed by atoms with Crippen LogP contribution in [0.1, 0.15) is 50.8 Å². The van der Waals surface area contributed by atoms with Gasteiger partial charge >= 0.3 is 0 Å². The Morgan fingerprint density at radius 1 is 1.12 bits per heavy atom. The smallest absolute Gasteiger partial charge is 0.264 e. The number of aliphatic hydroxyl groups is 1. The summed E-state index contributed by atoms with van der Waals surface area (Å²) in [6.07, 6.45) is 1.06. The number of nitrogens with zero attached hydrogens (tertiary/aromatic N) is 2. The highest BCUT2D eigenvalue weighted by Gasteiger charge is 2.37. The summed E-state index contributed by atoms with van der Waals surface area (Å²) in [5.74, 6) is 0.376. The molecule has 2 unspecified atom stereocenters. The van der Waals surface area contributed by atoms with Gasteiger partial charge in [-0.2, -0.15) is 0 Å². The van der Waals surface area contributed by atoms with Crippen molar-refractivity contribution >= 4 is 31.2 Å². The van der Waals surface area contributed by atoms with E-state index in [1.54, 1.807) is 18.2 Å². The number of fused-ring (bicyclic) bond motifs is 1. The number of sulfonamides is 1. The molecule has 7 nitrogen and oxygen atoms in total. The number of benzene rings is 2. The van der Waals surface area contributed by atoms with E-state index >= 15 is 0 Å². The van der Waals surface area contributed by atoms with E-state index in [-0.39, 0.29) is 28.4 Å². The lowest BCUT2D eigenvalue weighted by Gasteiger charge is -2.38. The molecule has 0 saturated carbocycles. The maximum Gasteiger partial charge on any atom is 0.264 e. The van der Waals surface area contributed by atoms with Gasteiger partial charge in [0.15, 0.2) is 9.84 Å². The lowest BCUT2D eigenvalue weighted by atomic mass is 9.97. The number of hydrogen-bond acceptors (Lipinski definition) is 6. The summed E-state index contributed by atoms with van der Waals surface area (Å²) in [5.41, 5.74) is 3.02. The average molecular weight is 507 g/mol. The lowest BCUT2D eigenvalue weighted by molar-refractivity contribution is 0.162. The Morgan fingerprint density at radius 3 is 2.41 bits per heavy atom. The van der Waals surface area contributed by atoms with Gasteiger partial charge in [-0.25, -0.2) is 16.8 Å². The van der Waals surface area contributed by atoms with Crippen molar-refractivity contribution < 1.29 is 21.9 Å². The van der Waals surface area contributed by atoms with Crippen molar-refractivity contribution in [3.63, 3.8) is 0 Å². The molecule has 1 fully saturated rings. The summed E-state index contributed by atoms with van der Waals surface area (Å²) in [7, 11) is -6.93. The molecule has 1 N–H and O–H groups in total. The van der Waals surface area contributed by atoms with E-state index in [1.807, 2.05) is 43.0 Å². The van der Waals surface area contributed by atoms with Crippen LogP contribution in [-0.2, 0) is 26.3 Å². The number of sulfone groups is 1. The van der Waals surface area contributed by atoms with Crippen LogP contribution in [0.15, 0.2) is 47.4 Å². The minimum absolute atomic E-state index is 0.0957. The zero-order chi connectivity index (χ0) is 24.7. The van der Waals surface area contributed by atoms with Crippen LogP contribution >= 0.6 is 0 Å². The lowest BCUT2D eigenvalue weighted by Crippen LogP contribution is -2.41. The molecule has 0 aromatic heterocycles. The van der Waals surface area contributed by atoms with Crippen molar-refractivity contribution in [2.45, 2.75) is 57.1 Å². The van der Waals surface area contributed by atoms with Crippen LogP contribution in [0.3, 0.4) is 0 Å². The van der Waals surface area contributed by atoms with Crippen molar-refractivity contribution in [3.05, 3.63) is 53.6 Å². The molecule has 34 heavy (non-hydrogen) atoms. The highest BCUT2D eigenvalue weighted by atomic mass is 32.2. The highest BCUT2D eigenvalue weighted by Crippen LogP contribution is 2.39. The van der Waals surface area contributed by atoms with Crippen LogP contribution in [0.5, 0.6) is 0 Å². The largest absolute Gasteiger partial charge is 0.388 e. The molecule has 4 rings (SSSR count). The van der Waals surface area contributed by atoms with Gasteiger partial charge in [-0.15, -0.1) is 0 Å². The third-order valence-corrected chi connectivity index (χ3v) is 10.3. The fraction of sp³-hybridized carbons (Fsp3) is 0.520. The molecule has 2 aromatic carbocycles. The SMILES string of the molecule is CCc1ccc(N(CC(C)C)S(=O)(=O)c2ccc3c(c2)C(O)CCN3C2CCS(=O)(=O)C2)cc1. The molecular formula is C25H34N2O5S2. The first kappa shape index (κ1) is 25.0. The Kier molecular flexibility index (Phi) is 6.99. The molecule has 2 aromatic rings. The number of hydrogen-bond donors (Lipinski definition) is 1. The van der Waals surface area contributed by atoms with Gasteiger partial charge in [0.25, 0.3) is 10.0 Å².